The molecule has 0 bridgehead atoms. The van der Waals surface area contributed by atoms with E-state index in [-0.39, 0.29) is 11.5 Å². The lowest BCUT2D eigenvalue weighted by Gasteiger charge is -2.10. The second-order valence-corrected chi connectivity index (χ2v) is 6.90. The van der Waals surface area contributed by atoms with Crippen molar-refractivity contribution in [1.82, 2.24) is 14.8 Å². The van der Waals surface area contributed by atoms with E-state index in [0.717, 1.165) is 35.2 Å². The van der Waals surface area contributed by atoms with Crippen molar-refractivity contribution in [2.24, 2.45) is 0 Å². The van der Waals surface area contributed by atoms with Crippen molar-refractivity contribution in [3.05, 3.63) is 46.4 Å². The molecule has 2 aromatic heterocycles. The topological polar surface area (TPSA) is 79.8 Å². The molecule has 1 aliphatic carbocycles. The summed E-state index contributed by atoms with van der Waals surface area (Å²) < 4.78 is 2.03. The van der Waals surface area contributed by atoms with Crippen LogP contribution in [0.25, 0.3) is 22.2 Å². The maximum absolute atomic E-state index is 12.5. The zero-order valence-electron chi connectivity index (χ0n) is 13.7. The summed E-state index contributed by atoms with van der Waals surface area (Å²) in [5.74, 6) is 0.00587. The molecule has 126 valence electrons. The third kappa shape index (κ3) is 2.21. The molecular weight excluding hydrogens is 316 g/mol. The highest BCUT2D eigenvalue weighted by Gasteiger charge is 2.24. The SMILES string of the molecule is O=C1Cc2cc(-c3nn(C4CCCC4)c4cc[nH]c(=O)c34)ccc2N1. The predicted molar refractivity (Wildman–Crippen MR) is 95.6 cm³/mol. The number of carbonyl (C=O) groups is 1. The van der Waals surface area contributed by atoms with Gasteiger partial charge in [-0.05, 0) is 36.6 Å². The number of aromatic amines is 1. The molecule has 6 nitrogen and oxygen atoms in total. The lowest BCUT2D eigenvalue weighted by atomic mass is 10.0. The number of aromatic nitrogens is 3. The smallest absolute Gasteiger partial charge is 0.259 e. The van der Waals surface area contributed by atoms with Crippen LogP contribution in [0.15, 0.2) is 35.3 Å². The van der Waals surface area contributed by atoms with E-state index in [4.69, 9.17) is 5.10 Å². The number of carbonyl (C=O) groups excluding carboxylic acids is 1. The number of rotatable bonds is 2. The molecule has 3 heterocycles. The van der Waals surface area contributed by atoms with Crippen LogP contribution in [-0.4, -0.2) is 20.7 Å². The minimum Gasteiger partial charge on any atom is -0.328 e. The lowest BCUT2D eigenvalue weighted by molar-refractivity contribution is -0.115. The zero-order valence-corrected chi connectivity index (χ0v) is 13.7. The summed E-state index contributed by atoms with van der Waals surface area (Å²) in [6, 6.07) is 8.09. The van der Waals surface area contributed by atoms with Crippen LogP contribution in [0, 0.1) is 0 Å². The number of pyridine rings is 1. The molecule has 0 radical (unpaired) electrons. The number of hydrogen-bond acceptors (Lipinski definition) is 3. The van der Waals surface area contributed by atoms with Crippen molar-refractivity contribution >= 4 is 22.5 Å². The number of nitrogens with one attached hydrogen (secondary N) is 2. The quantitative estimate of drug-likeness (QED) is 0.756. The van der Waals surface area contributed by atoms with Gasteiger partial charge in [0.25, 0.3) is 5.56 Å². The molecule has 1 aliphatic heterocycles. The number of H-pyrrole nitrogens is 1. The average Bonchev–Trinajstić information content (AvgIpc) is 3.31. The summed E-state index contributed by atoms with van der Waals surface area (Å²) in [6.07, 6.45) is 6.68. The molecule has 0 saturated heterocycles. The Kier molecular flexibility index (Phi) is 3.07. The summed E-state index contributed by atoms with van der Waals surface area (Å²) >= 11 is 0. The van der Waals surface area contributed by atoms with Gasteiger partial charge in [0.2, 0.25) is 5.91 Å². The molecule has 5 rings (SSSR count). The Balaban J connectivity index is 1.73. The van der Waals surface area contributed by atoms with Gasteiger partial charge in [-0.1, -0.05) is 18.9 Å². The normalized spacial score (nSPS) is 17.2. The van der Waals surface area contributed by atoms with Gasteiger partial charge in [-0.2, -0.15) is 5.10 Å². The van der Waals surface area contributed by atoms with Crippen LogP contribution in [0.3, 0.4) is 0 Å². The number of anilines is 1. The van der Waals surface area contributed by atoms with E-state index < -0.39 is 0 Å². The van der Waals surface area contributed by atoms with E-state index in [0.29, 0.717) is 23.5 Å². The molecule has 1 amide bonds. The lowest BCUT2D eigenvalue weighted by Crippen LogP contribution is -2.08. The summed E-state index contributed by atoms with van der Waals surface area (Å²) in [5.41, 5.74) is 4.16. The predicted octanol–water partition coefficient (Wildman–Crippen LogP) is 3.00. The molecule has 2 N–H and O–H groups in total. The van der Waals surface area contributed by atoms with E-state index in [2.05, 4.69) is 10.3 Å². The molecule has 1 saturated carbocycles. The second kappa shape index (κ2) is 5.31. The molecular formula is C19H18N4O2. The van der Waals surface area contributed by atoms with Crippen molar-refractivity contribution in [2.45, 2.75) is 38.1 Å². The third-order valence-electron chi connectivity index (χ3n) is 5.30. The zero-order chi connectivity index (χ0) is 17.0. The number of nitrogens with zero attached hydrogens (tertiary/aromatic N) is 2. The summed E-state index contributed by atoms with van der Waals surface area (Å²) in [5, 5.41) is 8.31. The summed E-state index contributed by atoms with van der Waals surface area (Å²) in [7, 11) is 0. The average molecular weight is 334 g/mol. The van der Waals surface area contributed by atoms with Crippen molar-refractivity contribution in [2.75, 3.05) is 5.32 Å². The van der Waals surface area contributed by atoms with E-state index >= 15 is 0 Å². The highest BCUT2D eigenvalue weighted by atomic mass is 16.1. The maximum Gasteiger partial charge on any atom is 0.259 e. The van der Waals surface area contributed by atoms with Gasteiger partial charge in [-0.25, -0.2) is 0 Å². The fourth-order valence-corrected chi connectivity index (χ4v) is 4.11. The van der Waals surface area contributed by atoms with Gasteiger partial charge in [-0.15, -0.1) is 0 Å². The first-order valence-electron chi connectivity index (χ1n) is 8.74. The van der Waals surface area contributed by atoms with Crippen LogP contribution in [0.4, 0.5) is 5.69 Å². The molecule has 0 spiro atoms. The summed E-state index contributed by atoms with van der Waals surface area (Å²) in [6.45, 7) is 0. The van der Waals surface area contributed by atoms with Gasteiger partial charge in [0.05, 0.1) is 23.4 Å². The molecule has 1 fully saturated rings. The van der Waals surface area contributed by atoms with E-state index in [1.165, 1.54) is 12.8 Å². The van der Waals surface area contributed by atoms with Crippen LogP contribution in [0.2, 0.25) is 0 Å². The Bertz CT molecular complexity index is 1060. The molecule has 2 aliphatic rings. The van der Waals surface area contributed by atoms with Gasteiger partial charge in [0.15, 0.2) is 0 Å². The number of hydrogen-bond donors (Lipinski definition) is 2. The van der Waals surface area contributed by atoms with Gasteiger partial charge < -0.3 is 10.3 Å². The van der Waals surface area contributed by atoms with Gasteiger partial charge >= 0.3 is 0 Å². The van der Waals surface area contributed by atoms with Crippen LogP contribution in [-0.2, 0) is 11.2 Å². The minimum atomic E-state index is -0.119. The maximum atomic E-state index is 12.5. The number of benzene rings is 1. The minimum absolute atomic E-state index is 0.00587. The van der Waals surface area contributed by atoms with Crippen LogP contribution < -0.4 is 10.9 Å². The van der Waals surface area contributed by atoms with Gasteiger partial charge in [-0.3, -0.25) is 14.3 Å². The van der Waals surface area contributed by atoms with E-state index in [9.17, 15) is 9.59 Å². The molecule has 0 atom stereocenters. The van der Waals surface area contributed by atoms with Crippen molar-refractivity contribution in [3.8, 4) is 11.3 Å². The Labute approximate surface area is 143 Å². The summed E-state index contributed by atoms with van der Waals surface area (Å²) in [4.78, 5) is 26.9. The van der Waals surface area contributed by atoms with Crippen LogP contribution in [0.5, 0.6) is 0 Å². The first-order valence-corrected chi connectivity index (χ1v) is 8.74. The highest BCUT2D eigenvalue weighted by molar-refractivity contribution is 6.00. The molecule has 0 unspecified atom stereocenters. The van der Waals surface area contributed by atoms with E-state index in [1.54, 1.807) is 6.20 Å². The highest BCUT2D eigenvalue weighted by Crippen LogP contribution is 2.35. The van der Waals surface area contributed by atoms with Gasteiger partial charge in [0, 0.05) is 17.4 Å². The fraction of sp³-hybridized carbons (Fsp3) is 0.316. The number of fused-ring (bicyclic) bond motifs is 2. The Morgan fingerprint density at radius 3 is 2.80 bits per heavy atom. The first kappa shape index (κ1) is 14.5. The Morgan fingerprint density at radius 1 is 1.12 bits per heavy atom. The largest absolute Gasteiger partial charge is 0.328 e. The molecule has 6 heteroatoms. The van der Waals surface area contributed by atoms with Crippen molar-refractivity contribution in [1.29, 1.82) is 0 Å². The van der Waals surface area contributed by atoms with E-state index in [1.807, 2.05) is 28.9 Å². The Morgan fingerprint density at radius 2 is 1.96 bits per heavy atom. The molecule has 1 aromatic carbocycles. The van der Waals surface area contributed by atoms with Crippen molar-refractivity contribution < 1.29 is 4.79 Å². The monoisotopic (exact) mass is 334 g/mol. The Hall–Kier alpha value is -2.89. The third-order valence-corrected chi connectivity index (χ3v) is 5.30. The fourth-order valence-electron chi connectivity index (χ4n) is 4.11. The second-order valence-electron chi connectivity index (χ2n) is 6.90. The van der Waals surface area contributed by atoms with Crippen LogP contribution in [0.1, 0.15) is 37.3 Å². The molecule has 25 heavy (non-hydrogen) atoms. The van der Waals surface area contributed by atoms with Gasteiger partial charge in [0.1, 0.15) is 5.69 Å². The first-order chi connectivity index (χ1) is 12.2. The standard InChI is InChI=1S/C19H18N4O2/c24-16-10-12-9-11(5-6-14(12)21-16)18-17-15(7-8-20-19(17)25)23(22-18)13-3-1-2-4-13/h5-9,13H,1-4,10H2,(H,20,25)(H,21,24). The van der Waals surface area contributed by atoms with Crippen molar-refractivity contribution in [3.63, 3.8) is 0 Å². The number of amides is 1. The molecule has 3 aromatic rings. The van der Waals surface area contributed by atoms with Crippen LogP contribution >= 0.6 is 0 Å².